The molecule has 2 amide bonds. The van der Waals surface area contributed by atoms with Gasteiger partial charge in [-0.3, -0.25) is 9.59 Å². The molecule has 4 nitrogen and oxygen atoms in total. The molecule has 0 fully saturated rings. The van der Waals surface area contributed by atoms with Crippen LogP contribution in [0.15, 0.2) is 78.9 Å². The van der Waals surface area contributed by atoms with Gasteiger partial charge in [-0.25, -0.2) is 0 Å². The van der Waals surface area contributed by atoms with Crippen molar-refractivity contribution in [1.82, 2.24) is 10.2 Å². The summed E-state index contributed by atoms with van der Waals surface area (Å²) < 4.78 is 0. The van der Waals surface area contributed by atoms with Crippen LogP contribution >= 0.6 is 11.6 Å². The smallest absolute Gasteiger partial charge is 0.243 e. The van der Waals surface area contributed by atoms with Crippen LogP contribution in [0.5, 0.6) is 0 Å². The minimum atomic E-state index is -0.654. The molecule has 3 rings (SSSR count). The summed E-state index contributed by atoms with van der Waals surface area (Å²) in [6, 6.07) is 25.2. The first-order chi connectivity index (χ1) is 18.1. The molecule has 0 heterocycles. The van der Waals surface area contributed by atoms with Crippen LogP contribution in [0, 0.1) is 0 Å². The molecule has 2 atom stereocenters. The zero-order valence-corrected chi connectivity index (χ0v) is 24.1. The van der Waals surface area contributed by atoms with E-state index in [0.717, 1.165) is 23.1 Å². The Balaban J connectivity index is 1.90. The highest BCUT2D eigenvalue weighted by atomic mass is 35.5. The Bertz CT molecular complexity index is 1190. The topological polar surface area (TPSA) is 49.4 Å². The number of hydrogen-bond acceptors (Lipinski definition) is 2. The van der Waals surface area contributed by atoms with E-state index in [4.69, 9.17) is 11.6 Å². The predicted molar refractivity (Wildman–Crippen MR) is 157 cm³/mol. The van der Waals surface area contributed by atoms with Crippen LogP contribution in [0.25, 0.3) is 0 Å². The Hall–Kier alpha value is -3.11. The lowest BCUT2D eigenvalue weighted by Crippen LogP contribution is -2.52. The van der Waals surface area contributed by atoms with Gasteiger partial charge in [0, 0.05) is 30.5 Å². The van der Waals surface area contributed by atoms with E-state index in [1.165, 1.54) is 5.56 Å². The lowest BCUT2D eigenvalue weighted by molar-refractivity contribution is -0.141. The molecular formula is C33H41ClN2O2. The van der Waals surface area contributed by atoms with E-state index in [2.05, 4.69) is 50.4 Å². The number of hydrogen-bond donors (Lipinski definition) is 1. The second kappa shape index (κ2) is 13.6. The largest absolute Gasteiger partial charge is 0.352 e. The van der Waals surface area contributed by atoms with Crippen molar-refractivity contribution in [3.8, 4) is 0 Å². The minimum Gasteiger partial charge on any atom is -0.352 e. The standard InChI is InChI=1S/C33H41ClN2O2/c1-6-24(2)35-32(38)30(22-26-12-8-7-9-13-26)36(23-27-14-10-11-15-29(27)34)31(37)21-18-25-16-19-28(20-17-25)33(3,4)5/h7-17,19-20,24,30H,6,18,21-23H2,1-5H3,(H,35,38)/t24-,30+/m0/s1. The third-order valence-corrected chi connectivity index (χ3v) is 7.39. The zero-order valence-electron chi connectivity index (χ0n) is 23.3. The highest BCUT2D eigenvalue weighted by Crippen LogP contribution is 2.24. The Labute approximate surface area is 233 Å². The van der Waals surface area contributed by atoms with Gasteiger partial charge in [0.25, 0.3) is 0 Å². The molecule has 38 heavy (non-hydrogen) atoms. The van der Waals surface area contributed by atoms with Gasteiger partial charge in [-0.1, -0.05) is 112 Å². The summed E-state index contributed by atoms with van der Waals surface area (Å²) in [4.78, 5) is 29.2. The lowest BCUT2D eigenvalue weighted by Gasteiger charge is -2.32. The van der Waals surface area contributed by atoms with E-state index in [0.29, 0.717) is 24.3 Å². The van der Waals surface area contributed by atoms with Crippen molar-refractivity contribution in [3.63, 3.8) is 0 Å². The van der Waals surface area contributed by atoms with Crippen molar-refractivity contribution in [2.24, 2.45) is 0 Å². The number of rotatable bonds is 11. The molecule has 202 valence electrons. The van der Waals surface area contributed by atoms with Crippen LogP contribution in [0.2, 0.25) is 5.02 Å². The summed E-state index contributed by atoms with van der Waals surface area (Å²) in [5.41, 5.74) is 4.27. The van der Waals surface area contributed by atoms with E-state index in [9.17, 15) is 9.59 Å². The number of carbonyl (C=O) groups excluding carboxylic acids is 2. The molecule has 0 aliphatic heterocycles. The summed E-state index contributed by atoms with van der Waals surface area (Å²) in [7, 11) is 0. The number of nitrogens with one attached hydrogen (secondary N) is 1. The molecule has 0 aromatic heterocycles. The highest BCUT2D eigenvalue weighted by Gasteiger charge is 2.31. The average Bonchev–Trinajstić information content (AvgIpc) is 2.90. The van der Waals surface area contributed by atoms with E-state index >= 15 is 0 Å². The molecule has 0 bridgehead atoms. The number of aryl methyl sites for hydroxylation is 1. The summed E-state index contributed by atoms with van der Waals surface area (Å²) in [5.74, 6) is -0.205. The Morgan fingerprint density at radius 3 is 2.13 bits per heavy atom. The fourth-order valence-electron chi connectivity index (χ4n) is 4.37. The molecule has 5 heteroatoms. The second-order valence-corrected chi connectivity index (χ2v) is 11.5. The summed E-state index contributed by atoms with van der Waals surface area (Å²) in [5, 5.41) is 3.70. The monoisotopic (exact) mass is 532 g/mol. The normalized spacial score (nSPS) is 13.0. The number of benzene rings is 3. The van der Waals surface area contributed by atoms with Gasteiger partial charge in [0.05, 0.1) is 0 Å². The van der Waals surface area contributed by atoms with Gasteiger partial charge in [0.2, 0.25) is 11.8 Å². The van der Waals surface area contributed by atoms with Gasteiger partial charge in [0.15, 0.2) is 0 Å². The van der Waals surface area contributed by atoms with Crippen LogP contribution in [-0.2, 0) is 34.4 Å². The number of nitrogens with zero attached hydrogens (tertiary/aromatic N) is 1. The molecule has 3 aromatic rings. The van der Waals surface area contributed by atoms with Crippen LogP contribution in [0.1, 0.15) is 69.7 Å². The Morgan fingerprint density at radius 1 is 0.895 bits per heavy atom. The number of amides is 2. The average molecular weight is 533 g/mol. The molecule has 0 unspecified atom stereocenters. The Kier molecular flexibility index (Phi) is 10.6. The van der Waals surface area contributed by atoms with Crippen LogP contribution < -0.4 is 5.32 Å². The lowest BCUT2D eigenvalue weighted by atomic mass is 9.86. The summed E-state index contributed by atoms with van der Waals surface area (Å²) >= 11 is 6.51. The van der Waals surface area contributed by atoms with Gasteiger partial charge in [-0.15, -0.1) is 0 Å². The number of halogens is 1. The Morgan fingerprint density at radius 2 is 1.53 bits per heavy atom. The maximum absolute atomic E-state index is 13.9. The van der Waals surface area contributed by atoms with Gasteiger partial charge in [-0.05, 0) is 53.5 Å². The van der Waals surface area contributed by atoms with Gasteiger partial charge >= 0.3 is 0 Å². The first-order valence-corrected chi connectivity index (χ1v) is 13.9. The molecule has 0 spiro atoms. The summed E-state index contributed by atoms with van der Waals surface area (Å²) in [6.07, 6.45) is 2.15. The van der Waals surface area contributed by atoms with Crippen molar-refractivity contribution in [1.29, 1.82) is 0 Å². The molecule has 0 aliphatic carbocycles. The first kappa shape index (κ1) is 29.4. The van der Waals surface area contributed by atoms with Crippen LogP contribution in [-0.4, -0.2) is 28.8 Å². The predicted octanol–water partition coefficient (Wildman–Crippen LogP) is 7.12. The maximum Gasteiger partial charge on any atom is 0.243 e. The van der Waals surface area contributed by atoms with Crippen molar-refractivity contribution in [3.05, 3.63) is 106 Å². The third-order valence-electron chi connectivity index (χ3n) is 7.02. The zero-order chi connectivity index (χ0) is 27.7. The van der Waals surface area contributed by atoms with Crippen molar-refractivity contribution in [2.45, 2.75) is 84.3 Å². The fraction of sp³-hybridized carbons (Fsp3) is 0.394. The molecular weight excluding hydrogens is 492 g/mol. The molecule has 1 N–H and O–H groups in total. The van der Waals surface area contributed by atoms with Crippen molar-refractivity contribution < 1.29 is 9.59 Å². The second-order valence-electron chi connectivity index (χ2n) is 11.1. The maximum atomic E-state index is 13.9. The first-order valence-electron chi connectivity index (χ1n) is 13.5. The quantitative estimate of drug-likeness (QED) is 0.285. The van der Waals surface area contributed by atoms with Gasteiger partial charge < -0.3 is 10.2 Å². The third kappa shape index (κ3) is 8.46. The van der Waals surface area contributed by atoms with E-state index in [-0.39, 0.29) is 29.8 Å². The molecule has 0 saturated heterocycles. The van der Waals surface area contributed by atoms with Gasteiger partial charge in [0.1, 0.15) is 6.04 Å². The minimum absolute atomic E-state index is 0.0133. The van der Waals surface area contributed by atoms with E-state index in [1.54, 1.807) is 4.90 Å². The highest BCUT2D eigenvalue weighted by molar-refractivity contribution is 6.31. The van der Waals surface area contributed by atoms with Crippen LogP contribution in [0.3, 0.4) is 0 Å². The number of carbonyl (C=O) groups is 2. The fourth-order valence-corrected chi connectivity index (χ4v) is 4.57. The SMILES string of the molecule is CC[C@H](C)NC(=O)[C@@H](Cc1ccccc1)N(Cc1ccccc1Cl)C(=O)CCc1ccc(C(C)(C)C)cc1. The van der Waals surface area contributed by atoms with Crippen LogP contribution in [0.4, 0.5) is 0 Å². The van der Waals surface area contributed by atoms with Crippen molar-refractivity contribution in [2.75, 3.05) is 0 Å². The molecule has 0 saturated carbocycles. The van der Waals surface area contributed by atoms with Gasteiger partial charge in [-0.2, -0.15) is 0 Å². The van der Waals surface area contributed by atoms with E-state index < -0.39 is 6.04 Å². The van der Waals surface area contributed by atoms with E-state index in [1.807, 2.05) is 68.4 Å². The molecule has 0 aliphatic rings. The summed E-state index contributed by atoms with van der Waals surface area (Å²) in [6.45, 7) is 10.9. The van der Waals surface area contributed by atoms with Crippen molar-refractivity contribution >= 4 is 23.4 Å². The molecule has 3 aromatic carbocycles. The molecule has 0 radical (unpaired) electrons.